The third kappa shape index (κ3) is 5.35. The number of ether oxygens (including phenoxy) is 2. The average molecular weight is 408 g/mol. The molecule has 0 radical (unpaired) electrons. The molecule has 0 bridgehead atoms. The maximum Gasteiger partial charge on any atom is 0.252 e. The number of piperidine rings is 1. The van der Waals surface area contributed by atoms with Gasteiger partial charge in [-0.1, -0.05) is 12.1 Å². The summed E-state index contributed by atoms with van der Waals surface area (Å²) >= 11 is 3.45. The number of rotatable bonds is 6. The maximum atomic E-state index is 12.4. The molecule has 1 atom stereocenters. The van der Waals surface area contributed by atoms with Crippen molar-refractivity contribution in [3.05, 3.63) is 28.7 Å². The summed E-state index contributed by atoms with van der Waals surface area (Å²) < 4.78 is 12.2. The Labute approximate surface area is 152 Å². The van der Waals surface area contributed by atoms with Gasteiger partial charge in [-0.25, -0.2) is 0 Å². The lowest BCUT2D eigenvalue weighted by atomic mass is 9.91. The lowest BCUT2D eigenvalue weighted by molar-refractivity contribution is -0.147. The standard InChI is InChI=1S/C16H23BrN2O3.ClH/c1-12(22-14-6-4-3-5-13(14)17)11-19-15(20)16(21-2)7-9-18-10-8-16;/h3-6,12,18H,7-11H2,1-2H3,(H,19,20);1H. The summed E-state index contributed by atoms with van der Waals surface area (Å²) in [6.07, 6.45) is 1.25. The molecule has 1 aliphatic rings. The molecule has 1 unspecified atom stereocenters. The predicted molar refractivity (Wildman–Crippen MR) is 96.3 cm³/mol. The molecule has 5 nitrogen and oxygen atoms in total. The van der Waals surface area contributed by atoms with Gasteiger partial charge in [-0.15, -0.1) is 12.4 Å². The van der Waals surface area contributed by atoms with Gasteiger partial charge in [0.1, 0.15) is 17.5 Å². The van der Waals surface area contributed by atoms with E-state index in [1.807, 2.05) is 31.2 Å². The first-order chi connectivity index (χ1) is 10.6. The number of carbonyl (C=O) groups is 1. The fourth-order valence-electron chi connectivity index (χ4n) is 2.55. The largest absolute Gasteiger partial charge is 0.488 e. The van der Waals surface area contributed by atoms with Crippen molar-refractivity contribution in [3.8, 4) is 5.75 Å². The number of halogens is 2. The van der Waals surface area contributed by atoms with Crippen molar-refractivity contribution < 1.29 is 14.3 Å². The monoisotopic (exact) mass is 406 g/mol. The molecule has 1 heterocycles. The van der Waals surface area contributed by atoms with Crippen molar-refractivity contribution in [2.24, 2.45) is 0 Å². The minimum Gasteiger partial charge on any atom is -0.488 e. The van der Waals surface area contributed by atoms with Crippen LogP contribution >= 0.6 is 28.3 Å². The summed E-state index contributed by atoms with van der Waals surface area (Å²) in [6, 6.07) is 7.67. The van der Waals surface area contributed by atoms with Gasteiger partial charge in [0.25, 0.3) is 5.91 Å². The van der Waals surface area contributed by atoms with Crippen molar-refractivity contribution in [2.75, 3.05) is 26.7 Å². The van der Waals surface area contributed by atoms with E-state index in [0.717, 1.165) is 23.3 Å². The third-order valence-corrected chi connectivity index (χ3v) is 4.59. The molecular formula is C16H24BrClN2O3. The highest BCUT2D eigenvalue weighted by atomic mass is 79.9. The Morgan fingerprint density at radius 1 is 1.39 bits per heavy atom. The van der Waals surface area contributed by atoms with Crippen molar-refractivity contribution in [3.63, 3.8) is 0 Å². The molecule has 1 saturated heterocycles. The van der Waals surface area contributed by atoms with E-state index in [1.54, 1.807) is 7.11 Å². The van der Waals surface area contributed by atoms with Crippen LogP contribution in [0.4, 0.5) is 0 Å². The molecule has 7 heteroatoms. The van der Waals surface area contributed by atoms with E-state index in [4.69, 9.17) is 9.47 Å². The highest BCUT2D eigenvalue weighted by Crippen LogP contribution is 2.25. The Balaban J connectivity index is 0.00000264. The number of carbonyl (C=O) groups excluding carboxylic acids is 1. The summed E-state index contributed by atoms with van der Waals surface area (Å²) in [5, 5.41) is 6.19. The third-order valence-electron chi connectivity index (χ3n) is 3.93. The fraction of sp³-hybridized carbons (Fsp3) is 0.562. The van der Waals surface area contributed by atoms with Gasteiger partial charge in [0.2, 0.25) is 0 Å². The molecule has 2 rings (SSSR count). The van der Waals surface area contributed by atoms with Crippen LogP contribution in [0.3, 0.4) is 0 Å². The Bertz CT molecular complexity index is 510. The molecule has 1 aromatic rings. The van der Waals surface area contributed by atoms with Crippen LogP contribution in [-0.4, -0.2) is 44.4 Å². The zero-order valence-corrected chi connectivity index (χ0v) is 15.8. The Morgan fingerprint density at radius 3 is 2.65 bits per heavy atom. The molecule has 1 amide bonds. The second-order valence-electron chi connectivity index (χ2n) is 5.52. The van der Waals surface area contributed by atoms with E-state index in [0.29, 0.717) is 19.4 Å². The SMILES string of the molecule is COC1(C(=O)NCC(C)Oc2ccccc2Br)CCNCC1.Cl. The lowest BCUT2D eigenvalue weighted by Crippen LogP contribution is -2.55. The van der Waals surface area contributed by atoms with Gasteiger partial charge in [-0.3, -0.25) is 4.79 Å². The number of para-hydroxylation sites is 1. The van der Waals surface area contributed by atoms with Crippen LogP contribution in [0.5, 0.6) is 5.75 Å². The van der Waals surface area contributed by atoms with Gasteiger partial charge in [0.05, 0.1) is 11.0 Å². The van der Waals surface area contributed by atoms with Gasteiger partial charge in [0, 0.05) is 7.11 Å². The van der Waals surface area contributed by atoms with Gasteiger partial charge in [0.15, 0.2) is 0 Å². The van der Waals surface area contributed by atoms with Crippen molar-refractivity contribution >= 4 is 34.2 Å². The van der Waals surface area contributed by atoms with E-state index >= 15 is 0 Å². The summed E-state index contributed by atoms with van der Waals surface area (Å²) in [7, 11) is 1.60. The van der Waals surface area contributed by atoms with Gasteiger partial charge in [-0.05, 0) is 60.9 Å². The zero-order chi connectivity index (χ0) is 16.0. The minimum atomic E-state index is -0.710. The van der Waals surface area contributed by atoms with E-state index < -0.39 is 5.60 Å². The zero-order valence-electron chi connectivity index (χ0n) is 13.4. The molecule has 0 aromatic heterocycles. The molecule has 23 heavy (non-hydrogen) atoms. The van der Waals surface area contributed by atoms with Crippen molar-refractivity contribution in [2.45, 2.75) is 31.5 Å². The van der Waals surface area contributed by atoms with E-state index in [1.165, 1.54) is 0 Å². The second kappa shape index (κ2) is 9.47. The van der Waals surface area contributed by atoms with E-state index in [9.17, 15) is 4.79 Å². The first-order valence-electron chi connectivity index (χ1n) is 7.53. The molecule has 0 saturated carbocycles. The van der Waals surface area contributed by atoms with Gasteiger partial charge in [-0.2, -0.15) is 0 Å². The van der Waals surface area contributed by atoms with Crippen LogP contribution < -0.4 is 15.4 Å². The van der Waals surface area contributed by atoms with Crippen LogP contribution in [0.15, 0.2) is 28.7 Å². The number of nitrogens with one attached hydrogen (secondary N) is 2. The van der Waals surface area contributed by atoms with Gasteiger partial charge >= 0.3 is 0 Å². The predicted octanol–water partition coefficient (Wildman–Crippen LogP) is 2.52. The number of hydrogen-bond donors (Lipinski definition) is 2. The van der Waals surface area contributed by atoms with Crippen molar-refractivity contribution in [1.82, 2.24) is 10.6 Å². The summed E-state index contributed by atoms with van der Waals surface area (Å²) in [4.78, 5) is 12.4. The van der Waals surface area contributed by atoms with E-state index in [2.05, 4.69) is 26.6 Å². The first kappa shape index (κ1) is 20.2. The van der Waals surface area contributed by atoms with Crippen molar-refractivity contribution in [1.29, 1.82) is 0 Å². The van der Waals surface area contributed by atoms with Crippen LogP contribution in [0, 0.1) is 0 Å². The summed E-state index contributed by atoms with van der Waals surface area (Å²) in [5.41, 5.74) is -0.710. The highest BCUT2D eigenvalue weighted by Gasteiger charge is 2.39. The molecule has 0 spiro atoms. The first-order valence-corrected chi connectivity index (χ1v) is 8.32. The van der Waals surface area contributed by atoms with Crippen LogP contribution in [0.1, 0.15) is 19.8 Å². The molecule has 130 valence electrons. The van der Waals surface area contributed by atoms with Gasteiger partial charge < -0.3 is 20.1 Å². The number of hydrogen-bond acceptors (Lipinski definition) is 4. The normalized spacial score (nSPS) is 17.7. The Kier molecular flexibility index (Phi) is 8.33. The minimum absolute atomic E-state index is 0. The number of methoxy groups -OCH3 is 1. The lowest BCUT2D eigenvalue weighted by Gasteiger charge is -2.35. The molecule has 1 aliphatic heterocycles. The maximum absolute atomic E-state index is 12.4. The smallest absolute Gasteiger partial charge is 0.252 e. The highest BCUT2D eigenvalue weighted by molar-refractivity contribution is 9.10. The van der Waals surface area contributed by atoms with Crippen LogP contribution in [0.25, 0.3) is 0 Å². The summed E-state index contributed by atoms with van der Waals surface area (Å²) in [6.45, 7) is 3.97. The summed E-state index contributed by atoms with van der Waals surface area (Å²) in [5.74, 6) is 0.714. The number of amides is 1. The quantitative estimate of drug-likeness (QED) is 0.761. The van der Waals surface area contributed by atoms with E-state index in [-0.39, 0.29) is 24.4 Å². The Hall–Kier alpha value is -0.820. The molecular weight excluding hydrogens is 384 g/mol. The topological polar surface area (TPSA) is 59.6 Å². The molecule has 0 aliphatic carbocycles. The molecule has 2 N–H and O–H groups in total. The molecule has 1 aromatic carbocycles. The van der Waals surface area contributed by atoms with Crippen LogP contribution in [-0.2, 0) is 9.53 Å². The Morgan fingerprint density at radius 2 is 2.04 bits per heavy atom. The molecule has 1 fully saturated rings. The average Bonchev–Trinajstić information content (AvgIpc) is 2.55. The second-order valence-corrected chi connectivity index (χ2v) is 6.37. The number of benzene rings is 1. The van der Waals surface area contributed by atoms with Crippen LogP contribution in [0.2, 0.25) is 0 Å². The fourth-order valence-corrected chi connectivity index (χ4v) is 2.93.